The summed E-state index contributed by atoms with van der Waals surface area (Å²) in [4.78, 5) is 15.4. The van der Waals surface area contributed by atoms with Gasteiger partial charge in [0.25, 0.3) is 5.91 Å². The van der Waals surface area contributed by atoms with Crippen LogP contribution >= 0.6 is 0 Å². The summed E-state index contributed by atoms with van der Waals surface area (Å²) < 4.78 is 1.89. The first kappa shape index (κ1) is 18.1. The molecular formula is C22H30N4O. The molecule has 144 valence electrons. The first-order valence-corrected chi connectivity index (χ1v) is 10.1. The van der Waals surface area contributed by atoms with Crippen LogP contribution in [0, 0.1) is 0 Å². The lowest BCUT2D eigenvalue weighted by Crippen LogP contribution is -2.32. The van der Waals surface area contributed by atoms with E-state index < -0.39 is 0 Å². The highest BCUT2D eigenvalue weighted by atomic mass is 16.2. The van der Waals surface area contributed by atoms with Crippen LogP contribution in [0.25, 0.3) is 0 Å². The van der Waals surface area contributed by atoms with Crippen molar-refractivity contribution in [3.63, 3.8) is 0 Å². The Morgan fingerprint density at radius 2 is 1.89 bits per heavy atom. The second-order valence-electron chi connectivity index (χ2n) is 8.82. The maximum Gasteiger partial charge on any atom is 0.269 e. The molecule has 1 amide bonds. The number of aromatic nitrogens is 2. The third kappa shape index (κ3) is 3.87. The maximum absolute atomic E-state index is 13.0. The van der Waals surface area contributed by atoms with Crippen molar-refractivity contribution >= 4 is 11.6 Å². The zero-order chi connectivity index (χ0) is 19.0. The van der Waals surface area contributed by atoms with Crippen LogP contribution in [0.4, 0.5) is 5.69 Å². The molecule has 5 heteroatoms. The highest BCUT2D eigenvalue weighted by Gasteiger charge is 2.31. The Labute approximate surface area is 161 Å². The van der Waals surface area contributed by atoms with Gasteiger partial charge < -0.3 is 10.2 Å². The third-order valence-corrected chi connectivity index (χ3v) is 5.47. The lowest BCUT2D eigenvalue weighted by molar-refractivity contribution is 0.0932. The third-order valence-electron chi connectivity index (χ3n) is 5.47. The van der Waals surface area contributed by atoms with Crippen molar-refractivity contribution in [1.82, 2.24) is 15.1 Å². The summed E-state index contributed by atoms with van der Waals surface area (Å²) >= 11 is 0. The van der Waals surface area contributed by atoms with Gasteiger partial charge in [-0.25, -0.2) is 0 Å². The number of nitrogens with zero attached hydrogens (tertiary/aromatic N) is 3. The summed E-state index contributed by atoms with van der Waals surface area (Å²) in [5.41, 5.74) is 3.94. The van der Waals surface area contributed by atoms with E-state index in [-0.39, 0.29) is 11.4 Å². The van der Waals surface area contributed by atoms with Crippen molar-refractivity contribution in [2.75, 3.05) is 18.0 Å². The second kappa shape index (κ2) is 7.02. The quantitative estimate of drug-likeness (QED) is 0.869. The molecule has 2 fully saturated rings. The Balaban J connectivity index is 1.52. The molecule has 5 nitrogen and oxygen atoms in total. The molecule has 0 radical (unpaired) electrons. The van der Waals surface area contributed by atoms with Crippen LogP contribution in [0.2, 0.25) is 0 Å². The number of carbonyl (C=O) groups excluding carboxylic acids is 1. The number of amides is 1. The minimum absolute atomic E-state index is 0.0412. The molecule has 27 heavy (non-hydrogen) atoms. The van der Waals surface area contributed by atoms with Gasteiger partial charge in [-0.05, 0) is 64.2 Å². The Kier molecular flexibility index (Phi) is 4.70. The van der Waals surface area contributed by atoms with Crippen molar-refractivity contribution in [2.45, 2.75) is 64.5 Å². The van der Waals surface area contributed by atoms with Crippen LogP contribution in [0.5, 0.6) is 0 Å². The molecule has 0 bridgehead atoms. The fourth-order valence-corrected chi connectivity index (χ4v) is 3.84. The number of para-hydroxylation sites is 1. The highest BCUT2D eigenvalue weighted by molar-refractivity contribution is 5.92. The number of hydrogen-bond acceptors (Lipinski definition) is 3. The zero-order valence-electron chi connectivity index (χ0n) is 16.7. The van der Waals surface area contributed by atoms with Crippen LogP contribution in [0.3, 0.4) is 0 Å². The summed E-state index contributed by atoms with van der Waals surface area (Å²) in [7, 11) is 0. The Bertz CT molecular complexity index is 823. The van der Waals surface area contributed by atoms with Gasteiger partial charge in [0.2, 0.25) is 0 Å². The van der Waals surface area contributed by atoms with Crippen molar-refractivity contribution < 1.29 is 4.79 Å². The largest absolute Gasteiger partial charge is 0.371 e. The molecule has 4 rings (SSSR count). The van der Waals surface area contributed by atoms with Crippen LogP contribution in [-0.2, 0) is 12.1 Å². The molecule has 1 aliphatic carbocycles. The van der Waals surface area contributed by atoms with E-state index in [0.29, 0.717) is 18.2 Å². The molecule has 2 heterocycles. The predicted octanol–water partition coefficient (Wildman–Crippen LogP) is 4.05. The number of nitrogens with one attached hydrogen (secondary N) is 1. The molecule has 1 saturated heterocycles. The van der Waals surface area contributed by atoms with Gasteiger partial charge >= 0.3 is 0 Å². The van der Waals surface area contributed by atoms with E-state index >= 15 is 0 Å². The standard InChI is InChI=1S/C22H30N4O/c1-22(2,3)26-20(14-18(24-26)16-10-11-16)21(27)23-15-17-8-4-5-9-19(17)25-12-6-7-13-25/h4-5,8-9,14,16H,6-7,10-13,15H2,1-3H3,(H,23,27). The highest BCUT2D eigenvalue weighted by Crippen LogP contribution is 2.40. The first-order chi connectivity index (χ1) is 12.9. The molecule has 1 N–H and O–H groups in total. The van der Waals surface area contributed by atoms with Crippen molar-refractivity contribution in [1.29, 1.82) is 0 Å². The normalized spacial score (nSPS) is 17.4. The van der Waals surface area contributed by atoms with Crippen LogP contribution in [0.15, 0.2) is 30.3 Å². The maximum atomic E-state index is 13.0. The summed E-state index contributed by atoms with van der Waals surface area (Å²) in [5, 5.41) is 7.89. The van der Waals surface area contributed by atoms with E-state index in [1.54, 1.807) is 0 Å². The van der Waals surface area contributed by atoms with Gasteiger partial charge in [-0.15, -0.1) is 0 Å². The molecule has 0 atom stereocenters. The fourth-order valence-electron chi connectivity index (χ4n) is 3.84. The zero-order valence-corrected chi connectivity index (χ0v) is 16.7. The molecule has 1 aromatic carbocycles. The van der Waals surface area contributed by atoms with E-state index in [2.05, 4.69) is 49.2 Å². The summed E-state index contributed by atoms with van der Waals surface area (Å²) in [6, 6.07) is 10.4. The molecule has 2 aliphatic rings. The topological polar surface area (TPSA) is 50.2 Å². The average molecular weight is 367 g/mol. The van der Waals surface area contributed by atoms with E-state index in [1.165, 1.54) is 36.9 Å². The van der Waals surface area contributed by atoms with E-state index in [1.807, 2.05) is 16.8 Å². The summed E-state index contributed by atoms with van der Waals surface area (Å²) in [6.45, 7) is 9.03. The van der Waals surface area contributed by atoms with Gasteiger partial charge in [-0.1, -0.05) is 18.2 Å². The van der Waals surface area contributed by atoms with E-state index in [0.717, 1.165) is 18.8 Å². The minimum Gasteiger partial charge on any atom is -0.371 e. The number of rotatable bonds is 5. The van der Waals surface area contributed by atoms with Crippen molar-refractivity contribution in [3.8, 4) is 0 Å². The first-order valence-electron chi connectivity index (χ1n) is 10.1. The second-order valence-corrected chi connectivity index (χ2v) is 8.82. The summed E-state index contributed by atoms with van der Waals surface area (Å²) in [6.07, 6.45) is 4.86. The monoisotopic (exact) mass is 366 g/mol. The average Bonchev–Trinajstić information content (AvgIpc) is 3.16. The van der Waals surface area contributed by atoms with Crippen LogP contribution in [-0.4, -0.2) is 28.8 Å². The van der Waals surface area contributed by atoms with Crippen LogP contribution < -0.4 is 10.2 Å². The number of anilines is 1. The lowest BCUT2D eigenvalue weighted by Gasteiger charge is -2.23. The lowest BCUT2D eigenvalue weighted by atomic mass is 10.1. The van der Waals surface area contributed by atoms with Crippen LogP contribution in [0.1, 0.15) is 74.1 Å². The van der Waals surface area contributed by atoms with Gasteiger partial charge in [0.05, 0.1) is 11.2 Å². The molecule has 1 aromatic heterocycles. The Morgan fingerprint density at radius 3 is 2.56 bits per heavy atom. The predicted molar refractivity (Wildman–Crippen MR) is 108 cm³/mol. The molecule has 1 saturated carbocycles. The van der Waals surface area contributed by atoms with Crippen molar-refractivity contribution in [3.05, 3.63) is 47.3 Å². The van der Waals surface area contributed by atoms with Gasteiger partial charge in [0.1, 0.15) is 5.69 Å². The van der Waals surface area contributed by atoms with Gasteiger partial charge in [0, 0.05) is 31.2 Å². The number of carbonyl (C=O) groups is 1. The molecule has 2 aromatic rings. The number of hydrogen-bond donors (Lipinski definition) is 1. The van der Waals surface area contributed by atoms with Gasteiger partial charge in [-0.2, -0.15) is 5.10 Å². The Hall–Kier alpha value is -2.30. The molecule has 0 spiro atoms. The minimum atomic E-state index is -0.215. The van der Waals surface area contributed by atoms with Crippen molar-refractivity contribution in [2.24, 2.45) is 0 Å². The van der Waals surface area contributed by atoms with E-state index in [9.17, 15) is 4.79 Å². The molecule has 1 aliphatic heterocycles. The number of benzene rings is 1. The smallest absolute Gasteiger partial charge is 0.269 e. The molecular weight excluding hydrogens is 336 g/mol. The molecule has 0 unspecified atom stereocenters. The fraction of sp³-hybridized carbons (Fsp3) is 0.545. The van der Waals surface area contributed by atoms with Gasteiger partial charge in [-0.3, -0.25) is 9.48 Å². The van der Waals surface area contributed by atoms with Gasteiger partial charge in [0.15, 0.2) is 0 Å². The Morgan fingerprint density at radius 1 is 1.19 bits per heavy atom. The van der Waals surface area contributed by atoms with E-state index in [4.69, 9.17) is 5.10 Å². The summed E-state index contributed by atoms with van der Waals surface area (Å²) in [5.74, 6) is 0.497. The SMILES string of the molecule is CC(C)(C)n1nc(C2CC2)cc1C(=O)NCc1ccccc1N1CCCC1.